The molecule has 0 bridgehead atoms. The molecule has 2 aromatic carbocycles. The Bertz CT molecular complexity index is 1800. The summed E-state index contributed by atoms with van der Waals surface area (Å²) >= 11 is 0. The Morgan fingerprint density at radius 3 is 2.64 bits per heavy atom. The van der Waals surface area contributed by atoms with Crippen LogP contribution in [0, 0.1) is 24.0 Å². The van der Waals surface area contributed by atoms with Gasteiger partial charge in [-0.15, -0.1) is 6.42 Å². The van der Waals surface area contributed by atoms with Crippen LogP contribution in [-0.4, -0.2) is 78.1 Å². The summed E-state index contributed by atoms with van der Waals surface area (Å²) in [6, 6.07) is 8.66. The molecule has 1 unspecified atom stereocenters. The normalized spacial score (nSPS) is 20.5. The van der Waals surface area contributed by atoms with Gasteiger partial charge in [-0.25, -0.2) is 13.8 Å². The van der Waals surface area contributed by atoms with Gasteiger partial charge < -0.3 is 14.4 Å². The third-order valence-corrected chi connectivity index (χ3v) is 9.92. The molecule has 2 aromatic heterocycles. The molecule has 4 aromatic rings. The standard InChI is InChI=1S/C34H33F2N5O2.CH3F/c1-2-23-25(35)11-9-21-7-3-8-24(27(21)23)30-29(36)31-28-26(37-30)12-10-22-19-42-18-6-17-41(22)32(28)39-33(38-31)43-20-34-13-4-15-40(34)16-5-14-34;1-2/h1,3,7-9,11,22H,4-6,10,12-20H2;1H3. The van der Waals surface area contributed by atoms with Crippen LogP contribution in [0.4, 0.5) is 19.0 Å². The third kappa shape index (κ3) is 4.97. The summed E-state index contributed by atoms with van der Waals surface area (Å²) in [7, 11) is 0.500. The average molecular weight is 616 g/mol. The second-order valence-electron chi connectivity index (χ2n) is 12.3. The Morgan fingerprint density at radius 1 is 1.02 bits per heavy atom. The highest BCUT2D eigenvalue weighted by atomic mass is 19.1. The zero-order valence-corrected chi connectivity index (χ0v) is 25.4. The van der Waals surface area contributed by atoms with Crippen LogP contribution >= 0.6 is 0 Å². The van der Waals surface area contributed by atoms with Crippen molar-refractivity contribution in [2.45, 2.75) is 56.5 Å². The molecule has 6 heterocycles. The van der Waals surface area contributed by atoms with E-state index in [0.717, 1.165) is 58.2 Å². The molecule has 234 valence electrons. The van der Waals surface area contributed by atoms with Gasteiger partial charge in [0.2, 0.25) is 0 Å². The van der Waals surface area contributed by atoms with Crippen molar-refractivity contribution < 1.29 is 22.6 Å². The number of benzene rings is 2. The number of aromatic nitrogens is 3. The molecule has 0 spiro atoms. The lowest BCUT2D eigenvalue weighted by Crippen LogP contribution is -2.43. The van der Waals surface area contributed by atoms with E-state index in [1.54, 1.807) is 12.1 Å². The fourth-order valence-electron chi connectivity index (χ4n) is 7.84. The van der Waals surface area contributed by atoms with Gasteiger partial charge in [-0.05, 0) is 69.5 Å². The third-order valence-electron chi connectivity index (χ3n) is 9.92. The van der Waals surface area contributed by atoms with Gasteiger partial charge in [0.05, 0.1) is 42.0 Å². The molecule has 4 aliphatic heterocycles. The molecule has 0 N–H and O–H groups in total. The summed E-state index contributed by atoms with van der Waals surface area (Å²) in [6.45, 7) is 4.63. The maximum Gasteiger partial charge on any atom is 0.319 e. The number of ether oxygens (including phenoxy) is 2. The van der Waals surface area contributed by atoms with Crippen LogP contribution in [-0.2, 0) is 11.2 Å². The predicted octanol–water partition coefficient (Wildman–Crippen LogP) is 6.24. The Balaban J connectivity index is 0.00000160. The van der Waals surface area contributed by atoms with Crippen LogP contribution < -0.4 is 9.64 Å². The number of hydrogen-bond donors (Lipinski definition) is 0. The van der Waals surface area contributed by atoms with E-state index < -0.39 is 11.6 Å². The van der Waals surface area contributed by atoms with Gasteiger partial charge in [-0.3, -0.25) is 9.29 Å². The highest BCUT2D eigenvalue weighted by molar-refractivity contribution is 6.02. The first kappa shape index (κ1) is 29.8. The molecule has 8 rings (SSSR count). The minimum Gasteiger partial charge on any atom is -0.461 e. The van der Waals surface area contributed by atoms with E-state index >= 15 is 4.39 Å². The monoisotopic (exact) mass is 615 g/mol. The van der Waals surface area contributed by atoms with Crippen molar-refractivity contribution in [1.29, 1.82) is 0 Å². The Kier molecular flexibility index (Phi) is 8.00. The summed E-state index contributed by atoms with van der Waals surface area (Å²) in [4.78, 5) is 19.4. The maximum atomic E-state index is 16.9. The minimum absolute atomic E-state index is 0.00280. The molecule has 4 aliphatic rings. The Labute approximate surface area is 260 Å². The number of anilines is 1. The van der Waals surface area contributed by atoms with Crippen LogP contribution in [0.2, 0.25) is 0 Å². The molecule has 0 saturated carbocycles. The van der Waals surface area contributed by atoms with Crippen LogP contribution in [0.25, 0.3) is 32.9 Å². The van der Waals surface area contributed by atoms with Gasteiger partial charge in [0.25, 0.3) is 0 Å². The summed E-state index contributed by atoms with van der Waals surface area (Å²) in [6.07, 6.45) is 12.5. The number of pyridine rings is 1. The smallest absolute Gasteiger partial charge is 0.319 e. The van der Waals surface area contributed by atoms with Crippen LogP contribution in [0.15, 0.2) is 30.3 Å². The second-order valence-corrected chi connectivity index (χ2v) is 12.3. The van der Waals surface area contributed by atoms with Crippen molar-refractivity contribution in [2.75, 3.05) is 51.5 Å². The highest BCUT2D eigenvalue weighted by Crippen LogP contribution is 2.42. The van der Waals surface area contributed by atoms with E-state index in [9.17, 15) is 8.78 Å². The fraction of sp³-hybridized carbons (Fsp3) is 0.457. The topological polar surface area (TPSA) is 63.6 Å². The number of fused-ring (bicyclic) bond motifs is 4. The van der Waals surface area contributed by atoms with E-state index in [4.69, 9.17) is 30.8 Å². The number of nitrogens with zero attached hydrogens (tertiary/aromatic N) is 5. The first-order valence-electron chi connectivity index (χ1n) is 15.7. The van der Waals surface area contributed by atoms with Gasteiger partial charge in [0.1, 0.15) is 29.5 Å². The van der Waals surface area contributed by atoms with Crippen LogP contribution in [0.5, 0.6) is 6.01 Å². The van der Waals surface area contributed by atoms with E-state index in [1.165, 1.54) is 6.07 Å². The van der Waals surface area contributed by atoms with Gasteiger partial charge in [-0.1, -0.05) is 30.2 Å². The van der Waals surface area contributed by atoms with Crippen molar-refractivity contribution in [3.63, 3.8) is 0 Å². The molecule has 1 atom stereocenters. The summed E-state index contributed by atoms with van der Waals surface area (Å²) in [5, 5.41) is 1.79. The van der Waals surface area contributed by atoms with E-state index in [0.29, 0.717) is 66.7 Å². The lowest BCUT2D eigenvalue weighted by Gasteiger charge is -2.32. The van der Waals surface area contributed by atoms with Gasteiger partial charge in [0, 0.05) is 24.1 Å². The van der Waals surface area contributed by atoms with Crippen molar-refractivity contribution in [3.8, 4) is 29.6 Å². The minimum atomic E-state index is -0.585. The molecule has 3 saturated heterocycles. The molecule has 7 nitrogen and oxygen atoms in total. The van der Waals surface area contributed by atoms with Crippen LogP contribution in [0.3, 0.4) is 0 Å². The molecular formula is C35H36F3N5O2. The van der Waals surface area contributed by atoms with Gasteiger partial charge >= 0.3 is 6.01 Å². The number of halogens is 3. The zero-order valence-electron chi connectivity index (χ0n) is 25.4. The van der Waals surface area contributed by atoms with E-state index in [1.807, 2.05) is 12.1 Å². The predicted molar refractivity (Wildman–Crippen MR) is 168 cm³/mol. The lowest BCUT2D eigenvalue weighted by molar-refractivity contribution is 0.108. The second kappa shape index (κ2) is 12.1. The molecule has 3 fully saturated rings. The van der Waals surface area contributed by atoms with E-state index in [-0.39, 0.29) is 34.4 Å². The quantitative estimate of drug-likeness (QED) is 0.252. The molecule has 45 heavy (non-hydrogen) atoms. The van der Waals surface area contributed by atoms with Crippen LogP contribution in [0.1, 0.15) is 49.8 Å². The first-order chi connectivity index (χ1) is 22.1. The molecule has 0 radical (unpaired) electrons. The largest absolute Gasteiger partial charge is 0.461 e. The van der Waals surface area contributed by atoms with Crippen molar-refractivity contribution in [3.05, 3.63) is 53.2 Å². The number of alkyl halides is 1. The number of aryl methyl sites for hydroxylation is 1. The SMILES string of the molecule is C#Cc1c(F)ccc2cccc(-c3nc4c5c(nc(OCC67CCCN6CCC7)nc5c3F)N3CCCOCC3CC4)c12.CF. The maximum absolute atomic E-state index is 16.9. The summed E-state index contributed by atoms with van der Waals surface area (Å²) in [5.41, 5.74) is 1.53. The van der Waals surface area contributed by atoms with E-state index in [2.05, 4.69) is 15.7 Å². The molecule has 0 aliphatic carbocycles. The number of rotatable bonds is 4. The van der Waals surface area contributed by atoms with Crippen molar-refractivity contribution in [2.24, 2.45) is 0 Å². The molecule has 0 amide bonds. The summed E-state index contributed by atoms with van der Waals surface area (Å²) < 4.78 is 53.6. The van der Waals surface area contributed by atoms with Crippen molar-refractivity contribution >= 4 is 27.5 Å². The zero-order chi connectivity index (χ0) is 31.1. The summed E-state index contributed by atoms with van der Waals surface area (Å²) in [5.74, 6) is 2.02. The molecule has 10 heteroatoms. The number of hydrogen-bond acceptors (Lipinski definition) is 7. The van der Waals surface area contributed by atoms with Gasteiger partial charge in [0.15, 0.2) is 5.82 Å². The highest BCUT2D eigenvalue weighted by Gasteiger charge is 2.45. The number of terminal acetylenes is 1. The first-order valence-corrected chi connectivity index (χ1v) is 15.7. The van der Waals surface area contributed by atoms with Crippen molar-refractivity contribution in [1.82, 2.24) is 19.9 Å². The molecular weight excluding hydrogens is 579 g/mol. The Hall–Kier alpha value is -3.94. The van der Waals surface area contributed by atoms with Gasteiger partial charge in [-0.2, -0.15) is 9.97 Å². The average Bonchev–Trinajstić information content (AvgIpc) is 3.51. The lowest BCUT2D eigenvalue weighted by atomic mass is 9.95. The fourth-order valence-corrected chi connectivity index (χ4v) is 7.84. The Morgan fingerprint density at radius 2 is 1.84 bits per heavy atom.